The lowest BCUT2D eigenvalue weighted by atomic mass is 9.91. The van der Waals surface area contributed by atoms with Crippen molar-refractivity contribution in [2.24, 2.45) is 11.0 Å². The minimum atomic E-state index is -0.192. The Morgan fingerprint density at radius 2 is 1.67 bits per heavy atom. The summed E-state index contributed by atoms with van der Waals surface area (Å²) in [6.07, 6.45) is 3.37. The minimum absolute atomic E-state index is 0.150. The van der Waals surface area contributed by atoms with Crippen molar-refractivity contribution in [2.45, 2.75) is 32.2 Å². The summed E-state index contributed by atoms with van der Waals surface area (Å²) >= 11 is 18.7. The molecule has 4 rings (SSSR count). The summed E-state index contributed by atoms with van der Waals surface area (Å²) in [7, 11) is 0. The Hall–Kier alpha value is -1.79. The van der Waals surface area contributed by atoms with E-state index in [-0.39, 0.29) is 17.9 Å². The summed E-state index contributed by atoms with van der Waals surface area (Å²) in [5.74, 6) is -0.321. The van der Waals surface area contributed by atoms with Gasteiger partial charge in [0.15, 0.2) is 0 Å². The maximum atomic E-state index is 13.1. The predicted octanol–water partition coefficient (Wildman–Crippen LogP) is 5.72. The number of hydrazine groups is 1. The van der Waals surface area contributed by atoms with Crippen LogP contribution in [0.3, 0.4) is 0 Å². The minimum Gasteiger partial charge on any atom is -0.284 e. The summed E-state index contributed by atoms with van der Waals surface area (Å²) in [6.45, 7) is 3.74. The number of carbonyl (C=O) groups excluding carboxylic acids is 1. The monoisotopic (exact) mass is 464 g/mol. The van der Waals surface area contributed by atoms with Crippen LogP contribution in [0.1, 0.15) is 37.8 Å². The van der Waals surface area contributed by atoms with Crippen molar-refractivity contribution in [1.82, 2.24) is 10.4 Å². The summed E-state index contributed by atoms with van der Waals surface area (Å²) < 4.78 is 0. The van der Waals surface area contributed by atoms with Gasteiger partial charge in [0, 0.05) is 29.1 Å². The van der Waals surface area contributed by atoms with Crippen molar-refractivity contribution < 1.29 is 4.79 Å². The zero-order chi connectivity index (χ0) is 21.3. The first-order valence-electron chi connectivity index (χ1n) is 10.1. The van der Waals surface area contributed by atoms with E-state index >= 15 is 0 Å². The van der Waals surface area contributed by atoms with Gasteiger partial charge in [0.2, 0.25) is 0 Å². The molecule has 0 bridgehead atoms. The van der Waals surface area contributed by atoms with E-state index in [2.05, 4.69) is 5.43 Å². The van der Waals surface area contributed by atoms with Crippen LogP contribution >= 0.6 is 34.8 Å². The molecule has 1 fully saturated rings. The van der Waals surface area contributed by atoms with Crippen LogP contribution in [-0.2, 0) is 4.79 Å². The summed E-state index contributed by atoms with van der Waals surface area (Å²) in [6, 6.07) is 12.7. The Kier molecular flexibility index (Phi) is 6.54. The molecule has 2 atom stereocenters. The molecule has 2 aromatic carbocycles. The van der Waals surface area contributed by atoms with Crippen LogP contribution in [0.4, 0.5) is 5.69 Å². The average Bonchev–Trinajstić information content (AvgIpc) is 3.06. The summed E-state index contributed by atoms with van der Waals surface area (Å²) in [5.41, 5.74) is 5.21. The number of nitrogens with zero attached hydrogens (tertiary/aromatic N) is 3. The molecular weight excluding hydrogens is 443 g/mol. The Morgan fingerprint density at radius 1 is 1.00 bits per heavy atom. The Balaban J connectivity index is 1.68. The van der Waals surface area contributed by atoms with E-state index in [0.717, 1.165) is 31.5 Å². The molecule has 2 aromatic rings. The first-order valence-corrected chi connectivity index (χ1v) is 11.2. The first-order chi connectivity index (χ1) is 14.4. The molecular formula is C22H23Cl3N4O. The quantitative estimate of drug-likeness (QED) is 0.628. The normalized spacial score (nSPS) is 22.1. The van der Waals surface area contributed by atoms with Crippen LogP contribution in [0, 0.1) is 5.92 Å². The standard InChI is InChI=1S/C22H23Cl3N4O/c1-14-20(22(30)27-28-11-3-2-4-12-28)26-29(19-10-9-17(24)13-18(19)25)21(14)15-5-7-16(23)8-6-15/h5-10,13-14,21H,2-4,11-12H2,1H3,(H,27,30)/t14-,21-/m0/s1. The van der Waals surface area contributed by atoms with Gasteiger partial charge in [-0.3, -0.25) is 15.2 Å². The molecule has 0 aliphatic carbocycles. The second-order valence-electron chi connectivity index (χ2n) is 7.70. The molecule has 1 saturated heterocycles. The highest BCUT2D eigenvalue weighted by atomic mass is 35.5. The van der Waals surface area contributed by atoms with Crippen molar-refractivity contribution >= 4 is 52.1 Å². The van der Waals surface area contributed by atoms with Gasteiger partial charge in [-0.1, -0.05) is 60.3 Å². The van der Waals surface area contributed by atoms with E-state index in [1.807, 2.05) is 47.3 Å². The number of hydrazone groups is 1. The smallest absolute Gasteiger partial charge is 0.282 e. The number of nitrogens with one attached hydrogen (secondary N) is 1. The van der Waals surface area contributed by atoms with Gasteiger partial charge in [0.1, 0.15) is 5.71 Å². The third-order valence-electron chi connectivity index (χ3n) is 5.60. The fraction of sp³-hybridized carbons (Fsp3) is 0.364. The second-order valence-corrected chi connectivity index (χ2v) is 8.98. The van der Waals surface area contributed by atoms with Gasteiger partial charge < -0.3 is 0 Å². The van der Waals surface area contributed by atoms with E-state index in [9.17, 15) is 4.79 Å². The Bertz CT molecular complexity index is 957. The van der Waals surface area contributed by atoms with Crippen LogP contribution in [0.25, 0.3) is 0 Å². The summed E-state index contributed by atoms with van der Waals surface area (Å²) in [5, 5.41) is 10.2. The molecule has 158 valence electrons. The van der Waals surface area contributed by atoms with E-state index in [1.165, 1.54) is 6.42 Å². The van der Waals surface area contributed by atoms with Crippen LogP contribution in [0.5, 0.6) is 0 Å². The number of piperidine rings is 1. The molecule has 1 amide bonds. The maximum Gasteiger partial charge on any atom is 0.282 e. The molecule has 8 heteroatoms. The topological polar surface area (TPSA) is 47.9 Å². The number of halogens is 3. The molecule has 2 aliphatic heterocycles. The van der Waals surface area contributed by atoms with Crippen LogP contribution in [0.15, 0.2) is 47.6 Å². The Morgan fingerprint density at radius 3 is 2.33 bits per heavy atom. The lowest BCUT2D eigenvalue weighted by molar-refractivity contribution is -0.120. The molecule has 5 nitrogen and oxygen atoms in total. The van der Waals surface area contributed by atoms with Crippen molar-refractivity contribution in [2.75, 3.05) is 18.1 Å². The number of anilines is 1. The predicted molar refractivity (Wildman–Crippen MR) is 123 cm³/mol. The second kappa shape index (κ2) is 9.15. The Labute approximate surface area is 191 Å². The molecule has 0 unspecified atom stereocenters. The SMILES string of the molecule is C[C@H]1C(C(=O)NN2CCCCC2)=NN(c2ccc(Cl)cc2Cl)[C@@H]1c1ccc(Cl)cc1. The zero-order valence-corrected chi connectivity index (χ0v) is 18.9. The lowest BCUT2D eigenvalue weighted by Gasteiger charge is -2.28. The fourth-order valence-electron chi connectivity index (χ4n) is 4.05. The lowest BCUT2D eigenvalue weighted by Crippen LogP contribution is -2.48. The van der Waals surface area contributed by atoms with Gasteiger partial charge in [-0.15, -0.1) is 0 Å². The zero-order valence-electron chi connectivity index (χ0n) is 16.6. The third kappa shape index (κ3) is 4.45. The molecule has 30 heavy (non-hydrogen) atoms. The molecule has 1 N–H and O–H groups in total. The average molecular weight is 466 g/mol. The van der Waals surface area contributed by atoms with Gasteiger partial charge in [0.05, 0.1) is 16.8 Å². The molecule has 0 aromatic heterocycles. The maximum absolute atomic E-state index is 13.1. The molecule has 0 radical (unpaired) electrons. The number of carbonyl (C=O) groups is 1. The first kappa shape index (κ1) is 21.4. The van der Waals surface area contributed by atoms with Gasteiger partial charge in [-0.05, 0) is 48.7 Å². The molecule has 0 saturated carbocycles. The van der Waals surface area contributed by atoms with Crippen molar-refractivity contribution in [3.63, 3.8) is 0 Å². The van der Waals surface area contributed by atoms with Crippen molar-refractivity contribution in [3.8, 4) is 0 Å². The van der Waals surface area contributed by atoms with Crippen LogP contribution in [-0.4, -0.2) is 29.7 Å². The van der Waals surface area contributed by atoms with Gasteiger partial charge in [-0.2, -0.15) is 5.10 Å². The number of amides is 1. The third-order valence-corrected chi connectivity index (χ3v) is 6.39. The van der Waals surface area contributed by atoms with Crippen LogP contribution < -0.4 is 10.4 Å². The van der Waals surface area contributed by atoms with E-state index in [4.69, 9.17) is 39.9 Å². The van der Waals surface area contributed by atoms with Gasteiger partial charge in [-0.25, -0.2) is 5.01 Å². The highest BCUT2D eigenvalue weighted by Gasteiger charge is 2.40. The number of rotatable bonds is 4. The highest BCUT2D eigenvalue weighted by molar-refractivity contribution is 6.41. The van der Waals surface area contributed by atoms with Gasteiger partial charge in [0.25, 0.3) is 5.91 Å². The van der Waals surface area contributed by atoms with Crippen molar-refractivity contribution in [3.05, 3.63) is 63.1 Å². The van der Waals surface area contributed by atoms with E-state index in [1.54, 1.807) is 12.1 Å². The largest absolute Gasteiger partial charge is 0.284 e. The van der Waals surface area contributed by atoms with Crippen molar-refractivity contribution in [1.29, 1.82) is 0 Å². The molecule has 2 heterocycles. The van der Waals surface area contributed by atoms with E-state index in [0.29, 0.717) is 26.5 Å². The molecule has 0 spiro atoms. The van der Waals surface area contributed by atoms with E-state index < -0.39 is 0 Å². The number of benzene rings is 2. The van der Waals surface area contributed by atoms with Gasteiger partial charge >= 0.3 is 0 Å². The number of hydrogen-bond acceptors (Lipinski definition) is 4. The summed E-state index contributed by atoms with van der Waals surface area (Å²) in [4.78, 5) is 13.1. The fourth-order valence-corrected chi connectivity index (χ4v) is 4.67. The van der Waals surface area contributed by atoms with Crippen LogP contribution in [0.2, 0.25) is 15.1 Å². The highest BCUT2D eigenvalue weighted by Crippen LogP contribution is 2.42. The molecule has 2 aliphatic rings. The number of hydrogen-bond donors (Lipinski definition) is 1.